The van der Waals surface area contributed by atoms with Crippen LogP contribution in [0.2, 0.25) is 0 Å². The van der Waals surface area contributed by atoms with Gasteiger partial charge in [-0.3, -0.25) is 5.41 Å². The Labute approximate surface area is 174 Å². The van der Waals surface area contributed by atoms with E-state index in [-0.39, 0.29) is 0 Å². The number of rotatable bonds is 3. The van der Waals surface area contributed by atoms with Crippen LogP contribution in [0.15, 0.2) is 54.6 Å². The predicted octanol–water partition coefficient (Wildman–Crippen LogP) is 3.81. The Bertz CT molecular complexity index is 1130. The summed E-state index contributed by atoms with van der Waals surface area (Å²) in [7, 11) is 1.51. The number of hydrogen-bond donors (Lipinski definition) is 1. The second-order valence-corrected chi connectivity index (χ2v) is 7.41. The molecule has 2 fully saturated rings. The summed E-state index contributed by atoms with van der Waals surface area (Å²) in [4.78, 5) is 0. The van der Waals surface area contributed by atoms with Crippen molar-refractivity contribution in [2.24, 2.45) is 16.7 Å². The molecule has 2 aromatic carbocycles. The van der Waals surface area contributed by atoms with Crippen molar-refractivity contribution in [3.05, 3.63) is 65.7 Å². The van der Waals surface area contributed by atoms with Gasteiger partial charge in [-0.15, -0.1) is 0 Å². The Morgan fingerprint density at radius 3 is 2.30 bits per heavy atom. The lowest BCUT2D eigenvalue weighted by molar-refractivity contribution is -0.288. The number of ether oxygens (including phenoxy) is 3. The maximum absolute atomic E-state index is 10.3. The van der Waals surface area contributed by atoms with E-state index in [0.29, 0.717) is 16.9 Å². The van der Waals surface area contributed by atoms with Gasteiger partial charge in [0.1, 0.15) is 11.9 Å². The fourth-order valence-electron chi connectivity index (χ4n) is 4.64. The molecule has 2 heterocycles. The summed E-state index contributed by atoms with van der Waals surface area (Å²) >= 11 is 0. The molecule has 2 saturated heterocycles. The summed E-state index contributed by atoms with van der Waals surface area (Å²) in [6, 6.07) is 22.0. The van der Waals surface area contributed by atoms with Crippen LogP contribution in [0.3, 0.4) is 0 Å². The van der Waals surface area contributed by atoms with Gasteiger partial charge in [-0.05, 0) is 17.7 Å². The summed E-state index contributed by atoms with van der Waals surface area (Å²) in [5, 5.41) is 39.3. The molecule has 4 atom stereocenters. The summed E-state index contributed by atoms with van der Waals surface area (Å²) in [5.74, 6) is -2.19. The van der Waals surface area contributed by atoms with Crippen LogP contribution in [0.1, 0.15) is 24.2 Å². The smallest absolute Gasteiger partial charge is 0.244 e. The predicted molar refractivity (Wildman–Crippen MR) is 105 cm³/mol. The molecule has 2 aliphatic rings. The highest BCUT2D eigenvalue weighted by Gasteiger charge is 2.79. The van der Waals surface area contributed by atoms with Crippen molar-refractivity contribution in [3.8, 4) is 24.0 Å². The quantitative estimate of drug-likeness (QED) is 0.839. The highest BCUT2D eigenvalue weighted by molar-refractivity contribution is 5.89. The summed E-state index contributed by atoms with van der Waals surface area (Å²) in [5.41, 5.74) is -2.73. The fraction of sp³-hybridized carbons (Fsp3) is 0.304. The van der Waals surface area contributed by atoms with Crippen molar-refractivity contribution in [3.63, 3.8) is 0 Å². The minimum Gasteiger partial charge on any atom is -0.497 e. The van der Waals surface area contributed by atoms with Crippen LogP contribution in [0, 0.1) is 56.2 Å². The third kappa shape index (κ3) is 2.12. The van der Waals surface area contributed by atoms with Gasteiger partial charge in [0, 0.05) is 5.56 Å². The summed E-state index contributed by atoms with van der Waals surface area (Å²) in [6.07, 6.45) is -1.15. The molecule has 4 unspecified atom stereocenters. The maximum atomic E-state index is 10.3. The van der Waals surface area contributed by atoms with Crippen molar-refractivity contribution >= 4 is 5.90 Å². The van der Waals surface area contributed by atoms with Gasteiger partial charge in [-0.2, -0.15) is 15.8 Å². The molecule has 0 saturated carbocycles. The van der Waals surface area contributed by atoms with Gasteiger partial charge < -0.3 is 14.2 Å². The Morgan fingerprint density at radius 2 is 1.70 bits per heavy atom. The maximum Gasteiger partial charge on any atom is 0.244 e. The SMILES string of the molecule is COc1cccc(C2OC3(c4ccccc4)OC(=N)C(C#N)(C3C)C2(C#N)C#N)c1. The molecule has 0 amide bonds. The highest BCUT2D eigenvalue weighted by Crippen LogP contribution is 2.68. The Morgan fingerprint density at radius 1 is 1.00 bits per heavy atom. The van der Waals surface area contributed by atoms with Crippen LogP contribution in [0.25, 0.3) is 0 Å². The van der Waals surface area contributed by atoms with Gasteiger partial charge in [0.2, 0.25) is 17.1 Å². The Balaban J connectivity index is 2.04. The van der Waals surface area contributed by atoms with Crippen molar-refractivity contribution < 1.29 is 14.2 Å². The third-order valence-corrected chi connectivity index (χ3v) is 6.24. The second kappa shape index (κ2) is 6.59. The van der Waals surface area contributed by atoms with Crippen molar-refractivity contribution in [2.45, 2.75) is 18.8 Å². The van der Waals surface area contributed by atoms with Crippen molar-refractivity contribution in [2.75, 3.05) is 7.11 Å². The number of hydrogen-bond acceptors (Lipinski definition) is 7. The Kier molecular flexibility index (Phi) is 4.28. The van der Waals surface area contributed by atoms with Crippen LogP contribution in [0.5, 0.6) is 5.75 Å². The van der Waals surface area contributed by atoms with Crippen LogP contribution < -0.4 is 4.74 Å². The zero-order chi connectivity index (χ0) is 21.6. The molecular weight excluding hydrogens is 380 g/mol. The van der Waals surface area contributed by atoms with Crippen molar-refractivity contribution in [1.29, 1.82) is 21.2 Å². The molecule has 0 spiro atoms. The first-order chi connectivity index (χ1) is 14.5. The zero-order valence-corrected chi connectivity index (χ0v) is 16.4. The standard InChI is InChI=1S/C23H18N4O3/c1-15-22(14-26)20(27)30-23(15,17-8-4-3-5-9-17)29-19(21(22,12-24)13-25)16-7-6-10-18(11-16)28-2/h3-11,15,19,27H,1-2H3. The average Bonchev–Trinajstić information content (AvgIpc) is 2.96. The molecule has 2 aromatic rings. The summed E-state index contributed by atoms with van der Waals surface area (Å²) < 4.78 is 17.7. The Hall–Kier alpha value is -3.86. The number of methoxy groups -OCH3 is 1. The number of benzene rings is 2. The van der Waals surface area contributed by atoms with Crippen LogP contribution in [0.4, 0.5) is 0 Å². The van der Waals surface area contributed by atoms with E-state index in [2.05, 4.69) is 6.07 Å². The zero-order valence-electron chi connectivity index (χ0n) is 16.4. The van der Waals surface area contributed by atoms with Crippen LogP contribution >= 0.6 is 0 Å². The van der Waals surface area contributed by atoms with Gasteiger partial charge in [0.05, 0.1) is 31.2 Å². The van der Waals surface area contributed by atoms with E-state index < -0.39 is 34.5 Å². The molecule has 7 heteroatoms. The van der Waals surface area contributed by atoms with Gasteiger partial charge in [0.25, 0.3) is 0 Å². The van der Waals surface area contributed by atoms with E-state index in [0.717, 1.165) is 0 Å². The van der Waals surface area contributed by atoms with Crippen LogP contribution in [-0.4, -0.2) is 13.0 Å². The van der Waals surface area contributed by atoms with E-state index in [1.807, 2.05) is 18.2 Å². The number of fused-ring (bicyclic) bond motifs is 2. The third-order valence-electron chi connectivity index (χ3n) is 6.24. The largest absolute Gasteiger partial charge is 0.497 e. The minimum atomic E-state index is -2.00. The lowest BCUT2D eigenvalue weighted by Crippen LogP contribution is -2.57. The van der Waals surface area contributed by atoms with Gasteiger partial charge in [-0.25, -0.2) is 0 Å². The van der Waals surface area contributed by atoms with E-state index in [4.69, 9.17) is 19.6 Å². The lowest BCUT2D eigenvalue weighted by atomic mass is 9.53. The van der Waals surface area contributed by atoms with Crippen LogP contribution in [-0.2, 0) is 15.3 Å². The van der Waals surface area contributed by atoms with E-state index >= 15 is 0 Å². The molecule has 1 N–H and O–H groups in total. The monoisotopic (exact) mass is 398 g/mol. The normalized spacial score (nSPS) is 31.0. The van der Waals surface area contributed by atoms with E-state index in [9.17, 15) is 15.8 Å². The molecule has 148 valence electrons. The van der Waals surface area contributed by atoms with Gasteiger partial charge >= 0.3 is 0 Å². The van der Waals surface area contributed by atoms with Crippen molar-refractivity contribution in [1.82, 2.24) is 0 Å². The highest BCUT2D eigenvalue weighted by atomic mass is 16.7. The first kappa shape index (κ1) is 19.5. The molecule has 4 rings (SSSR count). The van der Waals surface area contributed by atoms with E-state index in [1.54, 1.807) is 55.5 Å². The minimum absolute atomic E-state index is 0.435. The fourth-order valence-corrected chi connectivity index (χ4v) is 4.64. The lowest BCUT2D eigenvalue weighted by Gasteiger charge is -2.48. The number of nitrogens with one attached hydrogen (secondary N) is 1. The number of nitrogens with zero attached hydrogens (tertiary/aromatic N) is 3. The molecule has 7 nitrogen and oxygen atoms in total. The van der Waals surface area contributed by atoms with E-state index in [1.165, 1.54) is 7.11 Å². The molecule has 0 radical (unpaired) electrons. The first-order valence-corrected chi connectivity index (χ1v) is 9.35. The van der Waals surface area contributed by atoms with Gasteiger partial charge in [0.15, 0.2) is 5.41 Å². The molecule has 0 aromatic heterocycles. The topological polar surface area (TPSA) is 123 Å². The first-order valence-electron chi connectivity index (χ1n) is 9.35. The second-order valence-electron chi connectivity index (χ2n) is 7.41. The molecule has 0 aliphatic carbocycles. The average molecular weight is 398 g/mol. The summed E-state index contributed by atoms with van der Waals surface area (Å²) in [6.45, 7) is 1.68. The number of nitriles is 3. The molecule has 2 bridgehead atoms. The molecule has 30 heavy (non-hydrogen) atoms. The molecular formula is C23H18N4O3. The molecule has 2 aliphatic heterocycles. The van der Waals surface area contributed by atoms with Gasteiger partial charge in [-0.1, -0.05) is 49.4 Å².